The highest BCUT2D eigenvalue weighted by Crippen LogP contribution is 2.30. The molecule has 0 saturated heterocycles. The zero-order valence-corrected chi connectivity index (χ0v) is 9.92. The van der Waals surface area contributed by atoms with Crippen LogP contribution >= 0.6 is 10.7 Å². The summed E-state index contributed by atoms with van der Waals surface area (Å²) in [5, 5.41) is 0.697. The molecule has 2 aromatic rings. The van der Waals surface area contributed by atoms with Gasteiger partial charge in [0.05, 0.1) is 12.6 Å². The first-order chi connectivity index (χ1) is 7.52. The van der Waals surface area contributed by atoms with Crippen LogP contribution in [0.4, 0.5) is 0 Å². The Morgan fingerprint density at radius 1 is 1.38 bits per heavy atom. The molecule has 6 heteroatoms. The molecule has 1 heterocycles. The van der Waals surface area contributed by atoms with E-state index >= 15 is 0 Å². The number of aromatic nitrogens is 1. The fraction of sp³-hybridized carbons (Fsp3) is 0.100. The molecular formula is C10H8ClNO3S. The predicted octanol–water partition coefficient (Wildman–Crippen LogP) is 2.17. The molecule has 0 atom stereocenters. The molecule has 1 aromatic carbocycles. The van der Waals surface area contributed by atoms with Crippen molar-refractivity contribution < 1.29 is 13.2 Å². The lowest BCUT2D eigenvalue weighted by atomic mass is 10.2. The zero-order chi connectivity index (χ0) is 11.8. The van der Waals surface area contributed by atoms with E-state index in [2.05, 4.69) is 4.98 Å². The lowest BCUT2D eigenvalue weighted by Gasteiger charge is -2.06. The number of hydrogen-bond donors (Lipinski definition) is 0. The Hall–Kier alpha value is -1.33. The van der Waals surface area contributed by atoms with Gasteiger partial charge in [0.25, 0.3) is 9.05 Å². The van der Waals surface area contributed by atoms with Crippen LogP contribution in [0.5, 0.6) is 5.75 Å². The van der Waals surface area contributed by atoms with Crippen molar-refractivity contribution in [2.24, 2.45) is 0 Å². The summed E-state index contributed by atoms with van der Waals surface area (Å²) in [5.41, 5.74) is 0.656. The Bertz CT molecular complexity index is 640. The predicted molar refractivity (Wildman–Crippen MR) is 61.3 cm³/mol. The number of nitrogens with zero attached hydrogens (tertiary/aromatic N) is 1. The molecule has 84 valence electrons. The minimum absolute atomic E-state index is 0.0443. The summed E-state index contributed by atoms with van der Waals surface area (Å²) in [6.45, 7) is 0. The number of hydrogen-bond acceptors (Lipinski definition) is 4. The summed E-state index contributed by atoms with van der Waals surface area (Å²) in [7, 11) is 2.88. The van der Waals surface area contributed by atoms with Crippen LogP contribution in [-0.4, -0.2) is 20.5 Å². The van der Waals surface area contributed by atoms with Crippen molar-refractivity contribution in [2.45, 2.75) is 4.90 Å². The third-order valence-electron chi connectivity index (χ3n) is 2.15. The van der Waals surface area contributed by atoms with Crippen molar-refractivity contribution in [2.75, 3.05) is 7.11 Å². The Morgan fingerprint density at radius 2 is 2.12 bits per heavy atom. The Labute approximate surface area is 97.2 Å². The van der Waals surface area contributed by atoms with Gasteiger partial charge in [0, 0.05) is 28.3 Å². The molecule has 1 aromatic heterocycles. The summed E-state index contributed by atoms with van der Waals surface area (Å²) in [5.74, 6) is 0.196. The third kappa shape index (κ3) is 1.96. The average molecular weight is 258 g/mol. The molecule has 0 fully saturated rings. The van der Waals surface area contributed by atoms with Gasteiger partial charge in [-0.05, 0) is 12.1 Å². The first-order valence-electron chi connectivity index (χ1n) is 4.40. The van der Waals surface area contributed by atoms with Crippen molar-refractivity contribution in [3.63, 3.8) is 0 Å². The topological polar surface area (TPSA) is 56.3 Å². The van der Waals surface area contributed by atoms with Crippen LogP contribution in [0.3, 0.4) is 0 Å². The zero-order valence-electron chi connectivity index (χ0n) is 8.34. The Morgan fingerprint density at radius 3 is 2.75 bits per heavy atom. The third-order valence-corrected chi connectivity index (χ3v) is 3.49. The molecule has 0 aliphatic carbocycles. The van der Waals surface area contributed by atoms with Crippen LogP contribution in [0.2, 0.25) is 0 Å². The van der Waals surface area contributed by atoms with E-state index < -0.39 is 9.05 Å². The smallest absolute Gasteiger partial charge is 0.265 e. The monoisotopic (exact) mass is 257 g/mol. The van der Waals surface area contributed by atoms with Gasteiger partial charge in [-0.3, -0.25) is 4.98 Å². The standard InChI is InChI=1S/C10H8ClNO3S/c1-15-9-6-8-7(3-2-4-12-8)5-10(9)16(11,13)14/h2-6H,1H3. The molecule has 2 rings (SSSR count). The maximum Gasteiger partial charge on any atom is 0.265 e. The van der Waals surface area contributed by atoms with Crippen molar-refractivity contribution in [3.05, 3.63) is 30.5 Å². The molecule has 0 aliphatic rings. The summed E-state index contributed by atoms with van der Waals surface area (Å²) in [6, 6.07) is 6.47. The maximum atomic E-state index is 11.3. The van der Waals surface area contributed by atoms with E-state index in [1.54, 1.807) is 24.4 Å². The number of ether oxygens (including phenoxy) is 1. The Kier molecular flexibility index (Phi) is 2.73. The average Bonchev–Trinajstić information content (AvgIpc) is 2.26. The van der Waals surface area contributed by atoms with Gasteiger partial charge in [0.1, 0.15) is 10.6 Å². The number of pyridine rings is 1. The maximum absolute atomic E-state index is 11.3. The lowest BCUT2D eigenvalue weighted by molar-refractivity contribution is 0.404. The van der Waals surface area contributed by atoms with E-state index in [1.807, 2.05) is 0 Å². The van der Waals surface area contributed by atoms with Gasteiger partial charge in [-0.2, -0.15) is 0 Å². The van der Waals surface area contributed by atoms with Crippen LogP contribution in [0.15, 0.2) is 35.4 Å². The largest absolute Gasteiger partial charge is 0.495 e. The summed E-state index contributed by atoms with van der Waals surface area (Å²) in [6.07, 6.45) is 1.62. The van der Waals surface area contributed by atoms with Gasteiger partial charge < -0.3 is 4.74 Å². The van der Waals surface area contributed by atoms with Crippen molar-refractivity contribution in [1.29, 1.82) is 0 Å². The quantitative estimate of drug-likeness (QED) is 0.774. The van der Waals surface area contributed by atoms with Gasteiger partial charge in [0.2, 0.25) is 0 Å². The fourth-order valence-electron chi connectivity index (χ4n) is 1.43. The van der Waals surface area contributed by atoms with Gasteiger partial charge in [-0.25, -0.2) is 8.42 Å². The summed E-state index contributed by atoms with van der Waals surface area (Å²) in [4.78, 5) is 4.05. The number of halogens is 1. The lowest BCUT2D eigenvalue weighted by Crippen LogP contribution is -1.96. The van der Waals surface area contributed by atoms with Crippen LogP contribution in [0.25, 0.3) is 10.9 Å². The van der Waals surface area contributed by atoms with Gasteiger partial charge in [-0.15, -0.1) is 0 Å². The first-order valence-corrected chi connectivity index (χ1v) is 6.71. The van der Waals surface area contributed by atoms with Crippen LogP contribution in [0.1, 0.15) is 0 Å². The molecule has 0 amide bonds. The first kappa shape index (κ1) is 11.2. The molecule has 4 nitrogen and oxygen atoms in total. The minimum Gasteiger partial charge on any atom is -0.495 e. The molecule has 0 bridgehead atoms. The van der Waals surface area contributed by atoms with Gasteiger partial charge in [0.15, 0.2) is 0 Å². The molecule has 0 unspecified atom stereocenters. The fourth-order valence-corrected chi connectivity index (χ4v) is 2.44. The number of rotatable bonds is 2. The second-order valence-corrected chi connectivity index (χ2v) is 5.67. The van der Waals surface area contributed by atoms with Gasteiger partial charge in [-0.1, -0.05) is 6.07 Å². The molecule has 0 radical (unpaired) electrons. The highest BCUT2D eigenvalue weighted by atomic mass is 35.7. The second-order valence-electron chi connectivity index (χ2n) is 3.14. The van der Waals surface area contributed by atoms with E-state index in [-0.39, 0.29) is 10.6 Å². The van der Waals surface area contributed by atoms with Crippen molar-refractivity contribution >= 4 is 30.6 Å². The number of benzene rings is 1. The highest BCUT2D eigenvalue weighted by molar-refractivity contribution is 8.13. The normalized spacial score (nSPS) is 11.6. The van der Waals surface area contributed by atoms with E-state index in [1.165, 1.54) is 13.2 Å². The Balaban J connectivity index is 2.83. The number of methoxy groups -OCH3 is 1. The summed E-state index contributed by atoms with van der Waals surface area (Å²) >= 11 is 0. The molecule has 0 saturated carbocycles. The van der Waals surface area contributed by atoms with E-state index in [9.17, 15) is 8.42 Å². The van der Waals surface area contributed by atoms with Crippen LogP contribution in [-0.2, 0) is 9.05 Å². The van der Waals surface area contributed by atoms with Crippen LogP contribution < -0.4 is 4.74 Å². The molecule has 16 heavy (non-hydrogen) atoms. The van der Waals surface area contributed by atoms with E-state index in [4.69, 9.17) is 15.4 Å². The minimum atomic E-state index is -3.82. The van der Waals surface area contributed by atoms with E-state index in [0.717, 1.165) is 0 Å². The SMILES string of the molecule is COc1cc2ncccc2cc1S(=O)(=O)Cl. The molecule has 0 N–H and O–H groups in total. The second kappa shape index (κ2) is 3.92. The molecular weight excluding hydrogens is 250 g/mol. The van der Waals surface area contributed by atoms with Crippen molar-refractivity contribution in [3.8, 4) is 5.75 Å². The van der Waals surface area contributed by atoms with Gasteiger partial charge >= 0.3 is 0 Å². The number of fused-ring (bicyclic) bond motifs is 1. The van der Waals surface area contributed by atoms with E-state index in [0.29, 0.717) is 10.9 Å². The highest BCUT2D eigenvalue weighted by Gasteiger charge is 2.17. The summed E-state index contributed by atoms with van der Waals surface area (Å²) < 4.78 is 27.6. The molecule has 0 spiro atoms. The van der Waals surface area contributed by atoms with Crippen molar-refractivity contribution in [1.82, 2.24) is 4.98 Å². The van der Waals surface area contributed by atoms with Crippen LogP contribution in [0, 0.1) is 0 Å². The molecule has 0 aliphatic heterocycles.